The van der Waals surface area contributed by atoms with Gasteiger partial charge in [0, 0.05) is 30.7 Å². The molecule has 0 atom stereocenters. The van der Waals surface area contributed by atoms with Crippen LogP contribution in [0.2, 0.25) is 0 Å². The van der Waals surface area contributed by atoms with Crippen molar-refractivity contribution in [1.82, 2.24) is 10.3 Å². The van der Waals surface area contributed by atoms with Gasteiger partial charge in [0.15, 0.2) is 0 Å². The smallest absolute Gasteiger partial charge is 0.269 e. The number of nitrogens with one attached hydrogen (secondary N) is 1. The summed E-state index contributed by atoms with van der Waals surface area (Å²) in [6, 6.07) is 20.2. The number of hydrogen-bond donors (Lipinski definition) is 1. The zero-order valence-electron chi connectivity index (χ0n) is 16.6. The van der Waals surface area contributed by atoms with E-state index in [4.69, 9.17) is 4.74 Å². The van der Waals surface area contributed by atoms with Crippen LogP contribution in [0, 0.1) is 0 Å². The first kappa shape index (κ1) is 19.0. The number of carbonyl (C=O) groups excluding carboxylic acids is 1. The maximum Gasteiger partial charge on any atom is 0.269 e. The van der Waals surface area contributed by atoms with E-state index in [-0.39, 0.29) is 5.91 Å². The highest BCUT2D eigenvalue weighted by atomic mass is 16.5. The molecule has 3 aromatic rings. The van der Waals surface area contributed by atoms with Crippen LogP contribution in [0.3, 0.4) is 0 Å². The molecule has 4 rings (SSSR count). The predicted octanol–water partition coefficient (Wildman–Crippen LogP) is 4.15. The number of anilines is 2. The van der Waals surface area contributed by atoms with Gasteiger partial charge in [-0.3, -0.25) is 9.78 Å². The maximum atomic E-state index is 12.6. The third-order valence-corrected chi connectivity index (χ3v) is 5.23. The minimum absolute atomic E-state index is 0.153. The summed E-state index contributed by atoms with van der Waals surface area (Å²) in [4.78, 5) is 19.2. The number of pyridine rings is 1. The number of amides is 1. The normalized spacial score (nSPS) is 12.9. The lowest BCUT2D eigenvalue weighted by Crippen LogP contribution is -2.28. The summed E-state index contributed by atoms with van der Waals surface area (Å²) < 4.78 is 5.25. The van der Waals surface area contributed by atoms with Gasteiger partial charge in [-0.05, 0) is 60.7 Å². The quantitative estimate of drug-likeness (QED) is 0.690. The Kier molecular flexibility index (Phi) is 5.75. The van der Waals surface area contributed by atoms with Crippen LogP contribution in [0.25, 0.3) is 0 Å². The van der Waals surface area contributed by atoms with Gasteiger partial charge in [-0.15, -0.1) is 0 Å². The van der Waals surface area contributed by atoms with Gasteiger partial charge in [0.05, 0.1) is 7.11 Å². The Bertz CT molecular complexity index is 1000. The highest BCUT2D eigenvalue weighted by Crippen LogP contribution is 2.33. The first-order valence-corrected chi connectivity index (χ1v) is 9.97. The molecular formula is C24H25N3O2. The first-order valence-electron chi connectivity index (χ1n) is 9.97. The largest absolute Gasteiger partial charge is 0.497 e. The van der Waals surface area contributed by atoms with Gasteiger partial charge in [0.25, 0.3) is 5.91 Å². The molecule has 29 heavy (non-hydrogen) atoms. The van der Waals surface area contributed by atoms with Gasteiger partial charge in [-0.25, -0.2) is 0 Å². The summed E-state index contributed by atoms with van der Waals surface area (Å²) in [5.41, 5.74) is 5.13. The Balaban J connectivity index is 1.43. The van der Waals surface area contributed by atoms with E-state index in [1.165, 1.54) is 11.3 Å². The Morgan fingerprint density at radius 2 is 2.03 bits per heavy atom. The van der Waals surface area contributed by atoms with Crippen molar-refractivity contribution in [3.8, 4) is 5.75 Å². The monoisotopic (exact) mass is 387 g/mol. The number of rotatable bonds is 6. The van der Waals surface area contributed by atoms with E-state index in [1.54, 1.807) is 13.3 Å². The molecule has 0 bridgehead atoms. The van der Waals surface area contributed by atoms with Crippen molar-refractivity contribution in [3.63, 3.8) is 0 Å². The topological polar surface area (TPSA) is 54.5 Å². The van der Waals surface area contributed by atoms with Gasteiger partial charge in [0.1, 0.15) is 11.4 Å². The van der Waals surface area contributed by atoms with Crippen molar-refractivity contribution in [1.29, 1.82) is 0 Å². The average molecular weight is 387 g/mol. The molecule has 1 N–H and O–H groups in total. The molecule has 2 aromatic carbocycles. The van der Waals surface area contributed by atoms with Crippen molar-refractivity contribution < 1.29 is 9.53 Å². The van der Waals surface area contributed by atoms with Crippen molar-refractivity contribution in [2.45, 2.75) is 19.3 Å². The highest BCUT2D eigenvalue weighted by Gasteiger charge is 2.19. The van der Waals surface area contributed by atoms with Crippen LogP contribution in [0.5, 0.6) is 5.75 Å². The van der Waals surface area contributed by atoms with Crippen LogP contribution >= 0.6 is 0 Å². The van der Waals surface area contributed by atoms with Crippen molar-refractivity contribution in [2.75, 3.05) is 25.1 Å². The summed E-state index contributed by atoms with van der Waals surface area (Å²) >= 11 is 0. The predicted molar refractivity (Wildman–Crippen MR) is 115 cm³/mol. The zero-order chi connectivity index (χ0) is 20.1. The third kappa shape index (κ3) is 4.40. The molecular weight excluding hydrogens is 362 g/mol. The number of fused-ring (bicyclic) bond motifs is 1. The highest BCUT2D eigenvalue weighted by molar-refractivity contribution is 5.93. The summed E-state index contributed by atoms with van der Waals surface area (Å²) in [6.07, 6.45) is 4.64. The number of para-hydroxylation sites is 1. The minimum Gasteiger partial charge on any atom is -0.497 e. The van der Waals surface area contributed by atoms with Crippen LogP contribution in [-0.4, -0.2) is 31.1 Å². The van der Waals surface area contributed by atoms with E-state index >= 15 is 0 Å². The lowest BCUT2D eigenvalue weighted by Gasteiger charge is -2.31. The molecule has 0 radical (unpaired) electrons. The molecule has 5 heteroatoms. The van der Waals surface area contributed by atoms with Crippen molar-refractivity contribution in [3.05, 3.63) is 83.7 Å². The lowest BCUT2D eigenvalue weighted by atomic mass is 10.0. The molecule has 0 saturated heterocycles. The Hall–Kier alpha value is -3.34. The second-order valence-electron chi connectivity index (χ2n) is 7.14. The van der Waals surface area contributed by atoms with E-state index in [9.17, 15) is 4.79 Å². The van der Waals surface area contributed by atoms with Gasteiger partial charge in [0.2, 0.25) is 0 Å². The van der Waals surface area contributed by atoms with Gasteiger partial charge < -0.3 is 15.0 Å². The Morgan fingerprint density at radius 1 is 1.14 bits per heavy atom. The van der Waals surface area contributed by atoms with E-state index in [0.29, 0.717) is 12.2 Å². The number of ether oxygens (including phenoxy) is 1. The molecule has 0 unspecified atom stereocenters. The molecule has 1 amide bonds. The van der Waals surface area contributed by atoms with E-state index in [1.807, 2.05) is 36.4 Å². The number of aryl methyl sites for hydroxylation is 1. The van der Waals surface area contributed by atoms with Crippen molar-refractivity contribution in [2.24, 2.45) is 0 Å². The van der Waals surface area contributed by atoms with Crippen LogP contribution in [0.1, 0.15) is 28.0 Å². The second-order valence-corrected chi connectivity index (χ2v) is 7.14. The number of carbonyl (C=O) groups is 1. The Labute approximate surface area is 171 Å². The molecule has 5 nitrogen and oxygen atoms in total. The van der Waals surface area contributed by atoms with Gasteiger partial charge in [-0.2, -0.15) is 0 Å². The summed E-state index contributed by atoms with van der Waals surface area (Å²) in [6.45, 7) is 1.49. The number of methoxy groups -OCH3 is 1. The maximum absolute atomic E-state index is 12.6. The third-order valence-electron chi connectivity index (χ3n) is 5.23. The number of nitrogens with zero attached hydrogens (tertiary/aromatic N) is 2. The van der Waals surface area contributed by atoms with Crippen LogP contribution in [0.4, 0.5) is 11.4 Å². The van der Waals surface area contributed by atoms with E-state index in [0.717, 1.165) is 42.8 Å². The lowest BCUT2D eigenvalue weighted by molar-refractivity contribution is 0.0949. The molecule has 2 heterocycles. The Morgan fingerprint density at radius 3 is 2.93 bits per heavy atom. The molecule has 0 fully saturated rings. The van der Waals surface area contributed by atoms with E-state index < -0.39 is 0 Å². The minimum atomic E-state index is -0.153. The molecule has 0 aliphatic carbocycles. The van der Waals surface area contributed by atoms with Gasteiger partial charge in [-0.1, -0.05) is 30.3 Å². The molecule has 1 aliphatic rings. The fraction of sp³-hybridized carbons (Fsp3) is 0.250. The second kappa shape index (κ2) is 8.78. The number of hydrogen-bond acceptors (Lipinski definition) is 4. The zero-order valence-corrected chi connectivity index (χ0v) is 16.6. The molecule has 148 valence electrons. The fourth-order valence-corrected chi connectivity index (χ4v) is 3.75. The van der Waals surface area contributed by atoms with Crippen LogP contribution < -0.4 is 15.0 Å². The van der Waals surface area contributed by atoms with Crippen molar-refractivity contribution >= 4 is 17.3 Å². The van der Waals surface area contributed by atoms with Crippen LogP contribution in [-0.2, 0) is 12.8 Å². The number of benzene rings is 2. The van der Waals surface area contributed by atoms with Gasteiger partial charge >= 0.3 is 0 Å². The summed E-state index contributed by atoms with van der Waals surface area (Å²) in [5.74, 6) is 0.671. The van der Waals surface area contributed by atoms with Crippen LogP contribution in [0.15, 0.2) is 66.9 Å². The first-order chi connectivity index (χ1) is 14.2. The molecule has 0 saturated carbocycles. The number of aromatic nitrogens is 1. The molecule has 1 aliphatic heterocycles. The standard InChI is InChI=1S/C24H25N3O2/c1-29-21-9-4-6-18(16-21)11-13-26-24(28)22-17-20(12-14-25-22)27-15-5-8-19-7-2-3-10-23(19)27/h2-4,6-7,9-10,12,14,16-17H,5,8,11,13,15H2,1H3,(H,26,28). The van der Waals surface area contributed by atoms with E-state index in [2.05, 4.69) is 39.5 Å². The fourth-order valence-electron chi connectivity index (χ4n) is 3.75. The summed E-state index contributed by atoms with van der Waals surface area (Å²) in [7, 11) is 1.65. The summed E-state index contributed by atoms with van der Waals surface area (Å²) in [5, 5.41) is 2.97. The average Bonchev–Trinajstić information content (AvgIpc) is 2.79. The molecule has 1 aromatic heterocycles. The SMILES string of the molecule is COc1cccc(CCNC(=O)c2cc(N3CCCc4ccccc43)ccn2)c1. The molecule has 0 spiro atoms.